The van der Waals surface area contributed by atoms with Gasteiger partial charge in [0.2, 0.25) is 5.91 Å². The van der Waals surface area contributed by atoms with Gasteiger partial charge in [0, 0.05) is 17.6 Å². The van der Waals surface area contributed by atoms with Gasteiger partial charge in [-0.25, -0.2) is 0 Å². The van der Waals surface area contributed by atoms with E-state index >= 15 is 0 Å². The summed E-state index contributed by atoms with van der Waals surface area (Å²) in [5, 5.41) is 10.7. The van der Waals surface area contributed by atoms with Gasteiger partial charge in [-0.15, -0.1) is 0 Å². The van der Waals surface area contributed by atoms with E-state index in [2.05, 4.69) is 15.5 Å². The number of fused-ring (bicyclic) bond motifs is 1. The number of aromatic amines is 1. The first-order valence-electron chi connectivity index (χ1n) is 6.06. The fourth-order valence-electron chi connectivity index (χ4n) is 1.94. The first-order valence-corrected chi connectivity index (χ1v) is 6.06. The van der Waals surface area contributed by atoms with Crippen molar-refractivity contribution in [3.05, 3.63) is 24.4 Å². The van der Waals surface area contributed by atoms with Crippen LogP contribution < -0.4 is 11.1 Å². The van der Waals surface area contributed by atoms with Crippen molar-refractivity contribution in [3.8, 4) is 0 Å². The summed E-state index contributed by atoms with van der Waals surface area (Å²) in [6, 6.07) is 5.64. The van der Waals surface area contributed by atoms with Crippen LogP contribution in [0.15, 0.2) is 24.4 Å². The van der Waals surface area contributed by atoms with Gasteiger partial charge >= 0.3 is 0 Å². The van der Waals surface area contributed by atoms with E-state index in [-0.39, 0.29) is 17.7 Å². The highest BCUT2D eigenvalue weighted by Gasteiger charge is 2.20. The average Bonchev–Trinajstić information content (AvgIpc) is 2.76. The lowest BCUT2D eigenvalue weighted by Crippen LogP contribution is -2.33. The Morgan fingerprint density at radius 3 is 2.94 bits per heavy atom. The zero-order valence-corrected chi connectivity index (χ0v) is 10.6. The van der Waals surface area contributed by atoms with Crippen LogP contribution in [0, 0.1) is 11.8 Å². The van der Waals surface area contributed by atoms with Crippen molar-refractivity contribution in [3.63, 3.8) is 0 Å². The second-order valence-electron chi connectivity index (χ2n) is 4.75. The molecule has 2 aromatic rings. The summed E-state index contributed by atoms with van der Waals surface area (Å²) in [6.45, 7) is 4.35. The molecule has 1 unspecified atom stereocenters. The third kappa shape index (κ3) is 2.51. The fourth-order valence-corrected chi connectivity index (χ4v) is 1.94. The highest BCUT2D eigenvalue weighted by molar-refractivity contribution is 5.95. The number of anilines is 1. The minimum atomic E-state index is -0.162. The van der Waals surface area contributed by atoms with Crippen molar-refractivity contribution in [2.75, 3.05) is 11.9 Å². The standard InChI is InChI=1S/C13H18N4O/c1-8(2)11(6-14)13(18)16-10-3-4-12-9(5-10)7-15-17-12/h3-5,7-8,11H,6,14H2,1-2H3,(H,15,17)(H,16,18). The van der Waals surface area contributed by atoms with E-state index in [9.17, 15) is 4.79 Å². The van der Waals surface area contributed by atoms with Crippen molar-refractivity contribution in [2.45, 2.75) is 13.8 Å². The van der Waals surface area contributed by atoms with Crippen LogP contribution in [0.3, 0.4) is 0 Å². The maximum absolute atomic E-state index is 12.0. The minimum absolute atomic E-state index is 0.0321. The number of nitrogens with two attached hydrogens (primary N) is 1. The Bertz CT molecular complexity index is 547. The van der Waals surface area contributed by atoms with Crippen molar-refractivity contribution in [2.24, 2.45) is 17.6 Å². The number of hydrogen-bond donors (Lipinski definition) is 3. The number of aromatic nitrogens is 2. The second kappa shape index (κ2) is 5.18. The predicted molar refractivity (Wildman–Crippen MR) is 72.1 cm³/mol. The van der Waals surface area contributed by atoms with E-state index in [1.807, 2.05) is 32.0 Å². The van der Waals surface area contributed by atoms with Crippen LogP contribution in [0.5, 0.6) is 0 Å². The molecule has 1 amide bonds. The first kappa shape index (κ1) is 12.6. The molecule has 1 aromatic heterocycles. The number of hydrogen-bond acceptors (Lipinski definition) is 3. The molecule has 0 spiro atoms. The number of nitrogens with zero attached hydrogens (tertiary/aromatic N) is 1. The molecule has 1 aromatic carbocycles. The van der Waals surface area contributed by atoms with Crippen LogP contribution in [-0.2, 0) is 4.79 Å². The molecule has 5 heteroatoms. The molecule has 0 saturated carbocycles. The summed E-state index contributed by atoms with van der Waals surface area (Å²) in [4.78, 5) is 12.0. The SMILES string of the molecule is CC(C)C(CN)C(=O)Nc1ccc2[nH]ncc2c1. The number of rotatable bonds is 4. The molecule has 0 aliphatic rings. The summed E-state index contributed by atoms with van der Waals surface area (Å²) < 4.78 is 0. The van der Waals surface area contributed by atoms with E-state index in [4.69, 9.17) is 5.73 Å². The largest absolute Gasteiger partial charge is 0.330 e. The molecule has 2 rings (SSSR count). The monoisotopic (exact) mass is 246 g/mol. The molecule has 0 aliphatic carbocycles. The van der Waals surface area contributed by atoms with Crippen LogP contribution in [0.4, 0.5) is 5.69 Å². The molecular weight excluding hydrogens is 228 g/mol. The molecule has 1 heterocycles. The molecule has 4 N–H and O–H groups in total. The van der Waals surface area contributed by atoms with Crippen molar-refractivity contribution < 1.29 is 4.79 Å². The summed E-state index contributed by atoms with van der Waals surface area (Å²) in [5.41, 5.74) is 7.35. The summed E-state index contributed by atoms with van der Waals surface area (Å²) in [6.07, 6.45) is 1.73. The van der Waals surface area contributed by atoms with Gasteiger partial charge in [-0.1, -0.05) is 13.8 Å². The van der Waals surface area contributed by atoms with Crippen molar-refractivity contribution in [1.29, 1.82) is 0 Å². The Morgan fingerprint density at radius 2 is 2.28 bits per heavy atom. The maximum atomic E-state index is 12.0. The number of carbonyl (C=O) groups is 1. The zero-order valence-electron chi connectivity index (χ0n) is 10.6. The van der Waals surface area contributed by atoms with Gasteiger partial charge in [0.25, 0.3) is 0 Å². The number of nitrogens with one attached hydrogen (secondary N) is 2. The smallest absolute Gasteiger partial charge is 0.229 e. The molecule has 5 nitrogen and oxygen atoms in total. The van der Waals surface area contributed by atoms with E-state index in [1.165, 1.54) is 0 Å². The number of H-pyrrole nitrogens is 1. The number of carbonyl (C=O) groups excluding carboxylic acids is 1. The third-order valence-corrected chi connectivity index (χ3v) is 3.10. The highest BCUT2D eigenvalue weighted by Crippen LogP contribution is 2.18. The van der Waals surface area contributed by atoms with Gasteiger partial charge in [0.05, 0.1) is 17.6 Å². The predicted octanol–water partition coefficient (Wildman–Crippen LogP) is 1.73. The van der Waals surface area contributed by atoms with Gasteiger partial charge in [0.15, 0.2) is 0 Å². The Labute approximate surface area is 106 Å². The molecule has 0 radical (unpaired) electrons. The maximum Gasteiger partial charge on any atom is 0.229 e. The van der Waals surface area contributed by atoms with E-state index in [1.54, 1.807) is 6.20 Å². The molecule has 1 atom stereocenters. The molecule has 0 fully saturated rings. The van der Waals surface area contributed by atoms with Crippen LogP contribution >= 0.6 is 0 Å². The normalized spacial score (nSPS) is 12.9. The summed E-state index contributed by atoms with van der Waals surface area (Å²) in [7, 11) is 0. The van der Waals surface area contributed by atoms with Crippen molar-refractivity contribution in [1.82, 2.24) is 10.2 Å². The molecular formula is C13H18N4O. The van der Waals surface area contributed by atoms with E-state index in [0.29, 0.717) is 6.54 Å². The minimum Gasteiger partial charge on any atom is -0.330 e. The Kier molecular flexibility index (Phi) is 3.62. The molecule has 0 bridgehead atoms. The van der Waals surface area contributed by atoms with Gasteiger partial charge in [0.1, 0.15) is 0 Å². The van der Waals surface area contributed by atoms with Gasteiger partial charge in [-0.05, 0) is 24.1 Å². The van der Waals surface area contributed by atoms with Crippen LogP contribution in [0.1, 0.15) is 13.8 Å². The lowest BCUT2D eigenvalue weighted by Gasteiger charge is -2.18. The van der Waals surface area contributed by atoms with Crippen LogP contribution in [0.2, 0.25) is 0 Å². The van der Waals surface area contributed by atoms with Crippen LogP contribution in [-0.4, -0.2) is 22.6 Å². The third-order valence-electron chi connectivity index (χ3n) is 3.10. The Hall–Kier alpha value is -1.88. The number of amides is 1. The van der Waals surface area contributed by atoms with Crippen LogP contribution in [0.25, 0.3) is 10.9 Å². The Balaban J connectivity index is 2.15. The van der Waals surface area contributed by atoms with Gasteiger partial charge < -0.3 is 11.1 Å². The molecule has 18 heavy (non-hydrogen) atoms. The van der Waals surface area contributed by atoms with Crippen molar-refractivity contribution >= 4 is 22.5 Å². The fraction of sp³-hybridized carbons (Fsp3) is 0.385. The molecule has 0 aliphatic heterocycles. The number of benzene rings is 1. The lowest BCUT2D eigenvalue weighted by molar-refractivity contribution is -0.120. The topological polar surface area (TPSA) is 83.8 Å². The molecule has 0 saturated heterocycles. The molecule has 96 valence electrons. The summed E-state index contributed by atoms with van der Waals surface area (Å²) in [5.74, 6) is 0.0352. The lowest BCUT2D eigenvalue weighted by atomic mass is 9.95. The van der Waals surface area contributed by atoms with E-state index < -0.39 is 0 Å². The average molecular weight is 246 g/mol. The van der Waals surface area contributed by atoms with E-state index in [0.717, 1.165) is 16.6 Å². The summed E-state index contributed by atoms with van der Waals surface area (Å²) >= 11 is 0. The highest BCUT2D eigenvalue weighted by atomic mass is 16.1. The zero-order chi connectivity index (χ0) is 13.1. The second-order valence-corrected chi connectivity index (χ2v) is 4.75. The quantitative estimate of drug-likeness (QED) is 0.768. The Morgan fingerprint density at radius 1 is 1.50 bits per heavy atom. The van der Waals surface area contributed by atoms with Gasteiger partial charge in [-0.3, -0.25) is 9.89 Å². The first-order chi connectivity index (χ1) is 8.61. The van der Waals surface area contributed by atoms with Gasteiger partial charge in [-0.2, -0.15) is 5.10 Å².